The Balaban J connectivity index is 1.87. The lowest BCUT2D eigenvalue weighted by Crippen LogP contribution is -2.07. The van der Waals surface area contributed by atoms with E-state index in [4.69, 9.17) is 0 Å². The fourth-order valence-electron chi connectivity index (χ4n) is 2.08. The van der Waals surface area contributed by atoms with E-state index in [9.17, 15) is 4.79 Å². The van der Waals surface area contributed by atoms with Crippen molar-refractivity contribution in [3.63, 3.8) is 0 Å². The standard InChI is InChI=1S/C16H14N4O/c1-11(21)19-15-8-7-13(10-18-15)20-14-6-2-4-12-5-3-9-17-16(12)14/h2-10,20H,1H3,(H,18,19,21). The minimum Gasteiger partial charge on any atom is -0.352 e. The zero-order chi connectivity index (χ0) is 14.7. The first-order chi connectivity index (χ1) is 10.2. The fraction of sp³-hybridized carbons (Fsp3) is 0.0625. The van der Waals surface area contributed by atoms with Crippen LogP contribution in [0.2, 0.25) is 0 Å². The zero-order valence-electron chi connectivity index (χ0n) is 11.5. The number of nitrogens with zero attached hydrogens (tertiary/aromatic N) is 2. The van der Waals surface area contributed by atoms with Crippen LogP contribution < -0.4 is 10.6 Å². The second-order valence-corrected chi connectivity index (χ2v) is 4.62. The first-order valence-electron chi connectivity index (χ1n) is 6.57. The first kappa shape index (κ1) is 13.1. The molecule has 0 aliphatic carbocycles. The van der Waals surface area contributed by atoms with Crippen molar-refractivity contribution in [3.05, 3.63) is 54.9 Å². The van der Waals surface area contributed by atoms with Crippen LogP contribution in [0.25, 0.3) is 10.9 Å². The van der Waals surface area contributed by atoms with Gasteiger partial charge in [0, 0.05) is 18.5 Å². The van der Waals surface area contributed by atoms with Crippen molar-refractivity contribution >= 4 is 34.0 Å². The van der Waals surface area contributed by atoms with Gasteiger partial charge in [-0.05, 0) is 24.3 Å². The number of aromatic nitrogens is 2. The molecule has 2 N–H and O–H groups in total. The predicted molar refractivity (Wildman–Crippen MR) is 83.6 cm³/mol. The molecular weight excluding hydrogens is 264 g/mol. The van der Waals surface area contributed by atoms with E-state index in [-0.39, 0.29) is 5.91 Å². The number of rotatable bonds is 3. The van der Waals surface area contributed by atoms with Crippen LogP contribution in [0.4, 0.5) is 17.2 Å². The molecule has 0 bridgehead atoms. The Labute approximate surface area is 122 Å². The maximum atomic E-state index is 11.0. The van der Waals surface area contributed by atoms with Crippen molar-refractivity contribution in [3.8, 4) is 0 Å². The topological polar surface area (TPSA) is 66.9 Å². The van der Waals surface area contributed by atoms with Crippen molar-refractivity contribution in [2.75, 3.05) is 10.6 Å². The van der Waals surface area contributed by atoms with Crippen LogP contribution in [0.3, 0.4) is 0 Å². The second kappa shape index (κ2) is 5.58. The molecule has 0 atom stereocenters. The highest BCUT2D eigenvalue weighted by Crippen LogP contribution is 2.24. The molecular formula is C16H14N4O. The summed E-state index contributed by atoms with van der Waals surface area (Å²) in [5.41, 5.74) is 2.66. The molecule has 0 spiro atoms. The van der Waals surface area contributed by atoms with Gasteiger partial charge in [-0.1, -0.05) is 18.2 Å². The molecule has 3 aromatic rings. The molecule has 1 aromatic carbocycles. The highest BCUT2D eigenvalue weighted by molar-refractivity contribution is 5.92. The van der Waals surface area contributed by atoms with Crippen LogP contribution in [0.1, 0.15) is 6.92 Å². The Bertz CT molecular complexity index is 778. The zero-order valence-corrected chi connectivity index (χ0v) is 11.5. The average molecular weight is 278 g/mol. The number of carbonyl (C=O) groups excluding carboxylic acids is 1. The van der Waals surface area contributed by atoms with Gasteiger partial charge in [0.2, 0.25) is 5.91 Å². The number of carbonyl (C=O) groups is 1. The summed E-state index contributed by atoms with van der Waals surface area (Å²) in [7, 11) is 0. The van der Waals surface area contributed by atoms with Gasteiger partial charge in [-0.3, -0.25) is 9.78 Å². The summed E-state index contributed by atoms with van der Waals surface area (Å²) in [5, 5.41) is 7.00. The molecule has 0 radical (unpaired) electrons. The van der Waals surface area contributed by atoms with Crippen LogP contribution in [0.5, 0.6) is 0 Å². The van der Waals surface area contributed by atoms with E-state index in [0.29, 0.717) is 5.82 Å². The number of fused-ring (bicyclic) bond motifs is 1. The van der Waals surface area contributed by atoms with Crippen LogP contribution in [0.15, 0.2) is 54.9 Å². The second-order valence-electron chi connectivity index (χ2n) is 4.62. The number of hydrogen-bond acceptors (Lipinski definition) is 4. The van der Waals surface area contributed by atoms with Gasteiger partial charge >= 0.3 is 0 Å². The maximum Gasteiger partial charge on any atom is 0.222 e. The Morgan fingerprint density at radius 1 is 1.05 bits per heavy atom. The van der Waals surface area contributed by atoms with Gasteiger partial charge in [0.05, 0.1) is 23.1 Å². The summed E-state index contributed by atoms with van der Waals surface area (Å²) in [5.74, 6) is 0.394. The number of benzene rings is 1. The lowest BCUT2D eigenvalue weighted by atomic mass is 10.2. The van der Waals surface area contributed by atoms with E-state index in [1.807, 2.05) is 36.4 Å². The number of pyridine rings is 2. The van der Waals surface area contributed by atoms with Crippen molar-refractivity contribution in [2.24, 2.45) is 0 Å². The number of amides is 1. The lowest BCUT2D eigenvalue weighted by molar-refractivity contribution is -0.114. The van der Waals surface area contributed by atoms with Gasteiger partial charge in [-0.25, -0.2) is 4.98 Å². The third kappa shape index (κ3) is 2.97. The van der Waals surface area contributed by atoms with Crippen LogP contribution in [-0.2, 0) is 4.79 Å². The Hall–Kier alpha value is -2.95. The third-order valence-electron chi connectivity index (χ3n) is 2.98. The summed E-state index contributed by atoms with van der Waals surface area (Å²) < 4.78 is 0. The molecule has 21 heavy (non-hydrogen) atoms. The third-order valence-corrected chi connectivity index (χ3v) is 2.98. The normalized spacial score (nSPS) is 10.3. The summed E-state index contributed by atoms with van der Waals surface area (Å²) in [6.07, 6.45) is 3.44. The summed E-state index contributed by atoms with van der Waals surface area (Å²) in [4.78, 5) is 19.5. The van der Waals surface area contributed by atoms with Gasteiger partial charge in [0.1, 0.15) is 5.82 Å². The number of para-hydroxylation sites is 1. The quantitative estimate of drug-likeness (QED) is 0.771. The van der Waals surface area contributed by atoms with Gasteiger partial charge in [-0.2, -0.15) is 0 Å². The number of anilines is 3. The van der Waals surface area contributed by atoms with Crippen LogP contribution in [0, 0.1) is 0 Å². The molecule has 5 heteroatoms. The highest BCUT2D eigenvalue weighted by atomic mass is 16.1. The van der Waals surface area contributed by atoms with Crippen molar-refractivity contribution < 1.29 is 4.79 Å². The molecule has 0 saturated heterocycles. The molecule has 1 amide bonds. The van der Waals surface area contributed by atoms with Gasteiger partial charge in [-0.15, -0.1) is 0 Å². The van der Waals surface area contributed by atoms with Crippen molar-refractivity contribution in [1.82, 2.24) is 9.97 Å². The summed E-state index contributed by atoms with van der Waals surface area (Å²) in [6.45, 7) is 1.45. The Kier molecular flexibility index (Phi) is 3.47. The van der Waals surface area contributed by atoms with Gasteiger partial charge < -0.3 is 10.6 Å². The SMILES string of the molecule is CC(=O)Nc1ccc(Nc2cccc3cccnc23)cn1. The smallest absolute Gasteiger partial charge is 0.222 e. The fourth-order valence-corrected chi connectivity index (χ4v) is 2.08. The Morgan fingerprint density at radius 2 is 1.90 bits per heavy atom. The summed E-state index contributed by atoms with van der Waals surface area (Å²) in [6, 6.07) is 13.5. The van der Waals surface area contributed by atoms with E-state index in [1.165, 1.54) is 6.92 Å². The molecule has 0 saturated carbocycles. The largest absolute Gasteiger partial charge is 0.352 e. The Morgan fingerprint density at radius 3 is 2.67 bits per heavy atom. The van der Waals surface area contributed by atoms with Crippen molar-refractivity contribution in [2.45, 2.75) is 6.92 Å². The monoisotopic (exact) mass is 278 g/mol. The van der Waals surface area contributed by atoms with E-state index in [0.717, 1.165) is 22.3 Å². The molecule has 0 fully saturated rings. The lowest BCUT2D eigenvalue weighted by Gasteiger charge is -2.09. The molecule has 0 aliphatic rings. The van der Waals surface area contributed by atoms with Gasteiger partial charge in [0.15, 0.2) is 0 Å². The molecule has 2 aromatic heterocycles. The predicted octanol–water partition coefficient (Wildman–Crippen LogP) is 3.33. The molecule has 0 unspecified atom stereocenters. The number of nitrogens with one attached hydrogen (secondary N) is 2. The van der Waals surface area contributed by atoms with E-state index < -0.39 is 0 Å². The van der Waals surface area contributed by atoms with Crippen molar-refractivity contribution in [1.29, 1.82) is 0 Å². The molecule has 3 rings (SSSR count). The van der Waals surface area contributed by atoms with Crippen LogP contribution in [-0.4, -0.2) is 15.9 Å². The number of hydrogen-bond donors (Lipinski definition) is 2. The minimum atomic E-state index is -0.138. The highest BCUT2D eigenvalue weighted by Gasteiger charge is 2.03. The van der Waals surface area contributed by atoms with E-state index in [1.54, 1.807) is 18.5 Å². The summed E-state index contributed by atoms with van der Waals surface area (Å²) >= 11 is 0. The van der Waals surface area contributed by atoms with Gasteiger partial charge in [0.25, 0.3) is 0 Å². The molecule has 104 valence electrons. The first-order valence-corrected chi connectivity index (χ1v) is 6.57. The molecule has 5 nitrogen and oxygen atoms in total. The van der Waals surface area contributed by atoms with E-state index in [2.05, 4.69) is 20.6 Å². The average Bonchev–Trinajstić information content (AvgIpc) is 2.49. The minimum absolute atomic E-state index is 0.138. The van der Waals surface area contributed by atoms with Crippen LogP contribution >= 0.6 is 0 Å². The van der Waals surface area contributed by atoms with E-state index >= 15 is 0 Å². The molecule has 2 heterocycles. The molecule has 0 aliphatic heterocycles. The maximum absolute atomic E-state index is 11.0.